The lowest BCUT2D eigenvalue weighted by Gasteiger charge is -2.15. The van der Waals surface area contributed by atoms with E-state index in [1.165, 1.54) is 5.56 Å². The maximum atomic E-state index is 5.64. The maximum Gasteiger partial charge on any atom is 0.0740 e. The molecule has 5 heteroatoms. The molecule has 1 aromatic carbocycles. The van der Waals surface area contributed by atoms with Gasteiger partial charge in [0.15, 0.2) is 0 Å². The van der Waals surface area contributed by atoms with Gasteiger partial charge in [-0.2, -0.15) is 5.10 Å². The molecule has 0 fully saturated rings. The van der Waals surface area contributed by atoms with Crippen LogP contribution in [0.4, 0.5) is 0 Å². The summed E-state index contributed by atoms with van der Waals surface area (Å²) in [7, 11) is 1.89. The molecule has 3 N–H and O–H groups in total. The Hall–Kier alpha value is -1.17. The molecule has 0 radical (unpaired) electrons. The summed E-state index contributed by atoms with van der Waals surface area (Å²) >= 11 is 3.49. The molecule has 0 saturated heterocycles. The zero-order chi connectivity index (χ0) is 12.4. The van der Waals surface area contributed by atoms with E-state index in [-0.39, 0.29) is 6.04 Å². The number of halogens is 1. The molecule has 90 valence electrons. The lowest BCUT2D eigenvalue weighted by molar-refractivity contribution is 0.635. The number of aryl methyl sites for hydroxylation is 2. The van der Waals surface area contributed by atoms with Gasteiger partial charge in [-0.1, -0.05) is 28.1 Å². The van der Waals surface area contributed by atoms with Crippen LogP contribution in [-0.2, 0) is 7.05 Å². The number of hydrogen-bond donors (Lipinski definition) is 2. The van der Waals surface area contributed by atoms with Crippen LogP contribution in [-0.4, -0.2) is 9.78 Å². The molecule has 2 rings (SSSR count). The van der Waals surface area contributed by atoms with Gasteiger partial charge in [-0.15, -0.1) is 0 Å². The van der Waals surface area contributed by atoms with E-state index in [0.717, 1.165) is 15.6 Å². The summed E-state index contributed by atoms with van der Waals surface area (Å²) in [5.41, 5.74) is 6.19. The Labute approximate surface area is 109 Å². The number of nitrogens with two attached hydrogens (primary N) is 1. The third kappa shape index (κ3) is 2.57. The molecule has 4 nitrogen and oxygen atoms in total. The van der Waals surface area contributed by atoms with Crippen LogP contribution >= 0.6 is 15.9 Å². The predicted octanol–water partition coefficient (Wildman–Crippen LogP) is 2.04. The highest BCUT2D eigenvalue weighted by atomic mass is 79.9. The van der Waals surface area contributed by atoms with Gasteiger partial charge < -0.3 is 0 Å². The van der Waals surface area contributed by atoms with Crippen LogP contribution in [0.3, 0.4) is 0 Å². The number of hydrazine groups is 1. The third-order valence-corrected chi connectivity index (χ3v) is 3.63. The van der Waals surface area contributed by atoms with Crippen molar-refractivity contribution in [1.29, 1.82) is 0 Å². The molecular weight excluding hydrogens is 280 g/mol. The minimum Gasteiger partial charge on any atom is -0.275 e. The average Bonchev–Trinajstić information content (AvgIpc) is 2.71. The van der Waals surface area contributed by atoms with Crippen LogP contribution in [0.5, 0.6) is 0 Å². The zero-order valence-corrected chi connectivity index (χ0v) is 11.4. The summed E-state index contributed by atoms with van der Waals surface area (Å²) in [6.07, 6.45) is 3.78. The second kappa shape index (κ2) is 5.00. The van der Waals surface area contributed by atoms with Crippen LogP contribution in [0.1, 0.15) is 22.7 Å². The number of rotatable bonds is 3. The topological polar surface area (TPSA) is 55.9 Å². The van der Waals surface area contributed by atoms with Crippen LogP contribution in [0.25, 0.3) is 0 Å². The summed E-state index contributed by atoms with van der Waals surface area (Å²) in [5.74, 6) is 5.64. The highest BCUT2D eigenvalue weighted by Crippen LogP contribution is 2.25. The van der Waals surface area contributed by atoms with Gasteiger partial charge in [0.25, 0.3) is 0 Å². The van der Waals surface area contributed by atoms with Gasteiger partial charge in [-0.3, -0.25) is 10.5 Å². The van der Waals surface area contributed by atoms with Crippen LogP contribution < -0.4 is 11.3 Å². The largest absolute Gasteiger partial charge is 0.275 e. The molecule has 2 aromatic rings. The van der Waals surface area contributed by atoms with Crippen molar-refractivity contribution in [3.63, 3.8) is 0 Å². The molecule has 1 unspecified atom stereocenters. The molecule has 1 atom stereocenters. The number of nitrogens with one attached hydrogen (secondary N) is 1. The molecular formula is C12H15BrN4. The summed E-state index contributed by atoms with van der Waals surface area (Å²) in [5, 5.41) is 4.16. The Morgan fingerprint density at radius 2 is 2.18 bits per heavy atom. The lowest BCUT2D eigenvalue weighted by Crippen LogP contribution is -2.28. The van der Waals surface area contributed by atoms with Crippen molar-refractivity contribution in [3.05, 3.63) is 51.8 Å². The monoisotopic (exact) mass is 294 g/mol. The molecule has 0 amide bonds. The summed E-state index contributed by atoms with van der Waals surface area (Å²) in [6.45, 7) is 2.06. The molecule has 1 heterocycles. The standard InChI is InChI=1S/C12H15BrN4/c1-8-5-9(3-4-11(8)13)12(16-14)10-6-15-17(2)7-10/h3-7,12,16H,14H2,1-2H3. The molecule has 0 saturated carbocycles. The van der Waals surface area contributed by atoms with E-state index in [4.69, 9.17) is 5.84 Å². The van der Waals surface area contributed by atoms with Gasteiger partial charge in [-0.05, 0) is 24.1 Å². The summed E-state index contributed by atoms with van der Waals surface area (Å²) in [4.78, 5) is 0. The maximum absolute atomic E-state index is 5.64. The van der Waals surface area contributed by atoms with Gasteiger partial charge in [0.05, 0.1) is 12.2 Å². The fourth-order valence-electron chi connectivity index (χ4n) is 1.82. The quantitative estimate of drug-likeness (QED) is 0.673. The molecule has 0 bridgehead atoms. The predicted molar refractivity (Wildman–Crippen MR) is 71.3 cm³/mol. The Morgan fingerprint density at radius 1 is 1.41 bits per heavy atom. The average molecular weight is 295 g/mol. The molecule has 0 aliphatic rings. The van der Waals surface area contributed by atoms with E-state index in [0.29, 0.717) is 0 Å². The van der Waals surface area contributed by atoms with Gasteiger partial charge in [0, 0.05) is 23.3 Å². The van der Waals surface area contributed by atoms with Crippen LogP contribution in [0.2, 0.25) is 0 Å². The Bertz CT molecular complexity index is 521. The van der Waals surface area contributed by atoms with Crippen molar-refractivity contribution in [2.75, 3.05) is 0 Å². The third-order valence-electron chi connectivity index (χ3n) is 2.74. The molecule has 0 aliphatic heterocycles. The molecule has 17 heavy (non-hydrogen) atoms. The highest BCUT2D eigenvalue weighted by Gasteiger charge is 2.14. The molecule has 0 aliphatic carbocycles. The van der Waals surface area contributed by atoms with Gasteiger partial charge in [0.2, 0.25) is 0 Å². The van der Waals surface area contributed by atoms with Crippen molar-refractivity contribution < 1.29 is 0 Å². The summed E-state index contributed by atoms with van der Waals surface area (Å²) in [6, 6.07) is 6.16. The normalized spacial score (nSPS) is 12.7. The fourth-order valence-corrected chi connectivity index (χ4v) is 2.07. The smallest absolute Gasteiger partial charge is 0.0740 e. The Kier molecular flexibility index (Phi) is 3.61. The van der Waals surface area contributed by atoms with Gasteiger partial charge in [-0.25, -0.2) is 5.43 Å². The van der Waals surface area contributed by atoms with Crippen molar-refractivity contribution in [3.8, 4) is 0 Å². The lowest BCUT2D eigenvalue weighted by atomic mass is 10.0. The molecule has 1 aromatic heterocycles. The SMILES string of the molecule is Cc1cc(C(NN)c2cnn(C)c2)ccc1Br. The fraction of sp³-hybridized carbons (Fsp3) is 0.250. The van der Waals surface area contributed by atoms with E-state index in [1.807, 2.05) is 25.5 Å². The van der Waals surface area contributed by atoms with Gasteiger partial charge >= 0.3 is 0 Å². The first-order chi connectivity index (χ1) is 8.11. The first-order valence-electron chi connectivity index (χ1n) is 5.32. The second-order valence-corrected chi connectivity index (χ2v) is 4.91. The highest BCUT2D eigenvalue weighted by molar-refractivity contribution is 9.10. The number of hydrogen-bond acceptors (Lipinski definition) is 3. The van der Waals surface area contributed by atoms with E-state index in [2.05, 4.69) is 45.5 Å². The van der Waals surface area contributed by atoms with Crippen molar-refractivity contribution in [2.24, 2.45) is 12.9 Å². The zero-order valence-electron chi connectivity index (χ0n) is 9.81. The van der Waals surface area contributed by atoms with E-state index < -0.39 is 0 Å². The number of nitrogens with zero attached hydrogens (tertiary/aromatic N) is 2. The first kappa shape index (κ1) is 12.3. The van der Waals surface area contributed by atoms with E-state index in [9.17, 15) is 0 Å². The first-order valence-corrected chi connectivity index (χ1v) is 6.12. The second-order valence-electron chi connectivity index (χ2n) is 4.06. The Morgan fingerprint density at radius 3 is 2.71 bits per heavy atom. The minimum absolute atomic E-state index is 0.0319. The van der Waals surface area contributed by atoms with E-state index in [1.54, 1.807) is 4.68 Å². The Balaban J connectivity index is 2.38. The van der Waals surface area contributed by atoms with Crippen LogP contribution in [0, 0.1) is 6.92 Å². The van der Waals surface area contributed by atoms with Crippen molar-refractivity contribution in [2.45, 2.75) is 13.0 Å². The number of aromatic nitrogens is 2. The molecule has 0 spiro atoms. The van der Waals surface area contributed by atoms with Gasteiger partial charge in [0.1, 0.15) is 0 Å². The number of benzene rings is 1. The van der Waals surface area contributed by atoms with E-state index >= 15 is 0 Å². The van der Waals surface area contributed by atoms with Crippen LogP contribution in [0.15, 0.2) is 35.1 Å². The minimum atomic E-state index is -0.0319. The van der Waals surface area contributed by atoms with Crippen molar-refractivity contribution >= 4 is 15.9 Å². The van der Waals surface area contributed by atoms with Crippen molar-refractivity contribution in [1.82, 2.24) is 15.2 Å². The summed E-state index contributed by atoms with van der Waals surface area (Å²) < 4.78 is 2.87.